The van der Waals surface area contributed by atoms with E-state index in [1.807, 2.05) is 6.07 Å². The molecule has 0 saturated carbocycles. The predicted molar refractivity (Wildman–Crippen MR) is 77.7 cm³/mol. The summed E-state index contributed by atoms with van der Waals surface area (Å²) >= 11 is 5.76. The van der Waals surface area contributed by atoms with E-state index in [2.05, 4.69) is 4.72 Å². The largest absolute Gasteiger partial charge is 0.480 e. The van der Waals surface area contributed by atoms with E-state index in [0.29, 0.717) is 5.02 Å². The van der Waals surface area contributed by atoms with Crippen LogP contribution in [0, 0.1) is 11.3 Å². The fourth-order valence-electron chi connectivity index (χ4n) is 2.17. The monoisotopic (exact) mass is 344 g/mol. The molecule has 0 amide bonds. The van der Waals surface area contributed by atoms with E-state index in [0.717, 1.165) is 0 Å². The average Bonchev–Trinajstić information content (AvgIpc) is 2.89. The first-order valence-electron chi connectivity index (χ1n) is 6.29. The lowest BCUT2D eigenvalue weighted by Gasteiger charge is -2.23. The van der Waals surface area contributed by atoms with Gasteiger partial charge >= 0.3 is 5.97 Å². The number of sulfonamides is 1. The van der Waals surface area contributed by atoms with Gasteiger partial charge in [-0.3, -0.25) is 4.79 Å². The van der Waals surface area contributed by atoms with Gasteiger partial charge in [-0.1, -0.05) is 17.7 Å². The SMILES string of the molecule is N#Cc1cc(Cl)ccc1CS(=O)(=O)NC1(C(=O)O)CCOC1. The first-order chi connectivity index (χ1) is 10.3. The van der Waals surface area contributed by atoms with E-state index < -0.39 is 27.3 Å². The molecule has 1 heterocycles. The molecule has 1 aromatic carbocycles. The number of nitrogens with zero attached hydrogens (tertiary/aromatic N) is 1. The molecule has 0 spiro atoms. The minimum atomic E-state index is -3.97. The summed E-state index contributed by atoms with van der Waals surface area (Å²) in [4.78, 5) is 11.3. The summed E-state index contributed by atoms with van der Waals surface area (Å²) in [5.74, 6) is -1.80. The zero-order valence-electron chi connectivity index (χ0n) is 11.4. The molecule has 2 rings (SSSR count). The van der Waals surface area contributed by atoms with Crippen molar-refractivity contribution in [2.45, 2.75) is 17.7 Å². The topological polar surface area (TPSA) is 116 Å². The van der Waals surface area contributed by atoms with Crippen molar-refractivity contribution in [1.29, 1.82) is 5.26 Å². The summed E-state index contributed by atoms with van der Waals surface area (Å²) in [6, 6.07) is 6.13. The highest BCUT2D eigenvalue weighted by atomic mass is 35.5. The fourth-order valence-corrected chi connectivity index (χ4v) is 3.92. The fraction of sp³-hybridized carbons (Fsp3) is 0.385. The van der Waals surface area contributed by atoms with Crippen molar-refractivity contribution >= 4 is 27.6 Å². The number of halogens is 1. The molecule has 2 N–H and O–H groups in total. The summed E-state index contributed by atoms with van der Waals surface area (Å²) in [7, 11) is -3.97. The Labute approximate surface area is 132 Å². The molecular formula is C13H13ClN2O5S. The molecule has 1 fully saturated rings. The Hall–Kier alpha value is -1.66. The van der Waals surface area contributed by atoms with Crippen LogP contribution >= 0.6 is 11.6 Å². The molecule has 118 valence electrons. The normalized spacial score (nSPS) is 21.5. The number of carboxylic acid groups (broad SMARTS) is 1. The maximum Gasteiger partial charge on any atom is 0.327 e. The van der Waals surface area contributed by atoms with Crippen LogP contribution in [0.1, 0.15) is 17.5 Å². The van der Waals surface area contributed by atoms with Crippen molar-refractivity contribution in [2.24, 2.45) is 0 Å². The number of benzene rings is 1. The third-order valence-corrected chi connectivity index (χ3v) is 4.95. The van der Waals surface area contributed by atoms with Gasteiger partial charge in [-0.25, -0.2) is 8.42 Å². The van der Waals surface area contributed by atoms with E-state index in [4.69, 9.17) is 21.6 Å². The molecule has 0 bridgehead atoms. The van der Waals surface area contributed by atoms with E-state index in [1.54, 1.807) is 0 Å². The summed E-state index contributed by atoms with van der Waals surface area (Å²) in [5.41, 5.74) is -1.28. The van der Waals surface area contributed by atoms with Gasteiger partial charge in [0.2, 0.25) is 10.0 Å². The molecule has 22 heavy (non-hydrogen) atoms. The van der Waals surface area contributed by atoms with Gasteiger partial charge in [-0.2, -0.15) is 9.98 Å². The van der Waals surface area contributed by atoms with Crippen molar-refractivity contribution in [3.05, 3.63) is 34.3 Å². The number of hydrogen-bond acceptors (Lipinski definition) is 5. The van der Waals surface area contributed by atoms with Crippen LogP contribution in [-0.2, 0) is 25.3 Å². The van der Waals surface area contributed by atoms with Crippen molar-refractivity contribution in [3.8, 4) is 6.07 Å². The maximum atomic E-state index is 12.2. The van der Waals surface area contributed by atoms with E-state index in [9.17, 15) is 18.3 Å². The highest BCUT2D eigenvalue weighted by Gasteiger charge is 2.45. The molecule has 1 aliphatic heterocycles. The van der Waals surface area contributed by atoms with E-state index >= 15 is 0 Å². The molecule has 1 aliphatic rings. The van der Waals surface area contributed by atoms with Gasteiger partial charge in [0.15, 0.2) is 5.54 Å². The van der Waals surface area contributed by atoms with E-state index in [1.165, 1.54) is 18.2 Å². The number of hydrogen-bond donors (Lipinski definition) is 2. The zero-order valence-corrected chi connectivity index (χ0v) is 12.9. The number of aliphatic carboxylic acids is 1. The first kappa shape index (κ1) is 16.7. The number of nitrogens with one attached hydrogen (secondary N) is 1. The lowest BCUT2D eigenvalue weighted by Crippen LogP contribution is -2.55. The molecule has 0 aromatic heterocycles. The van der Waals surface area contributed by atoms with Crippen LogP contribution < -0.4 is 4.72 Å². The number of rotatable bonds is 5. The Morgan fingerprint density at radius 3 is 2.82 bits per heavy atom. The average molecular weight is 345 g/mol. The smallest absolute Gasteiger partial charge is 0.327 e. The second kappa shape index (κ2) is 6.22. The molecule has 1 unspecified atom stereocenters. The molecule has 7 nitrogen and oxygen atoms in total. The highest BCUT2D eigenvalue weighted by molar-refractivity contribution is 7.88. The molecule has 9 heteroatoms. The predicted octanol–water partition coefficient (Wildman–Crippen LogP) is 0.875. The summed E-state index contributed by atoms with van der Waals surface area (Å²) < 4.78 is 31.7. The molecule has 1 saturated heterocycles. The van der Waals surface area contributed by atoms with Crippen LogP contribution in [0.4, 0.5) is 0 Å². The van der Waals surface area contributed by atoms with Crippen molar-refractivity contribution in [1.82, 2.24) is 4.72 Å². The van der Waals surface area contributed by atoms with Gasteiger partial charge in [-0.05, 0) is 17.7 Å². The first-order valence-corrected chi connectivity index (χ1v) is 8.32. The second-order valence-corrected chi connectivity index (χ2v) is 7.12. The summed E-state index contributed by atoms with van der Waals surface area (Å²) in [6.07, 6.45) is 0.0489. The van der Waals surface area contributed by atoms with Crippen LogP contribution in [0.25, 0.3) is 0 Å². The third-order valence-electron chi connectivity index (χ3n) is 3.32. The highest BCUT2D eigenvalue weighted by Crippen LogP contribution is 2.22. The molecular weight excluding hydrogens is 332 g/mol. The van der Waals surface area contributed by atoms with Gasteiger partial charge in [0.1, 0.15) is 0 Å². The van der Waals surface area contributed by atoms with Gasteiger partial charge in [0, 0.05) is 18.1 Å². The number of carbonyl (C=O) groups is 1. The van der Waals surface area contributed by atoms with Crippen molar-refractivity contribution in [3.63, 3.8) is 0 Å². The maximum absolute atomic E-state index is 12.2. The standard InChI is InChI=1S/C13H13ClN2O5S/c14-11-2-1-9(10(5-11)6-15)7-22(19,20)16-13(12(17)18)3-4-21-8-13/h1-2,5,16H,3-4,7-8H2,(H,17,18). The third kappa shape index (κ3) is 3.56. The Morgan fingerprint density at radius 2 is 2.27 bits per heavy atom. The number of carboxylic acids is 1. The van der Waals surface area contributed by atoms with Gasteiger partial charge in [-0.15, -0.1) is 0 Å². The lowest BCUT2D eigenvalue weighted by molar-refractivity contribution is -0.144. The van der Waals surface area contributed by atoms with Gasteiger partial charge in [0.05, 0.1) is 24.0 Å². The summed E-state index contributed by atoms with van der Waals surface area (Å²) in [6.45, 7) is -0.0630. The van der Waals surface area contributed by atoms with Gasteiger partial charge in [0.25, 0.3) is 0 Å². The van der Waals surface area contributed by atoms with E-state index in [-0.39, 0.29) is 30.8 Å². The minimum absolute atomic E-state index is 0.0489. The van der Waals surface area contributed by atoms with Crippen molar-refractivity contribution in [2.75, 3.05) is 13.2 Å². The Kier molecular flexibility index (Phi) is 4.72. The number of ether oxygens (including phenoxy) is 1. The van der Waals surface area contributed by atoms with Crippen molar-refractivity contribution < 1.29 is 23.1 Å². The molecule has 1 aromatic rings. The Bertz CT molecular complexity index is 735. The Morgan fingerprint density at radius 1 is 1.55 bits per heavy atom. The second-order valence-electron chi connectivity index (χ2n) is 4.96. The van der Waals surface area contributed by atoms with Crippen LogP contribution in [0.5, 0.6) is 0 Å². The quantitative estimate of drug-likeness (QED) is 0.818. The molecule has 0 aliphatic carbocycles. The Balaban J connectivity index is 2.25. The summed E-state index contributed by atoms with van der Waals surface area (Å²) in [5, 5.41) is 18.6. The van der Waals surface area contributed by atoms with Gasteiger partial charge < -0.3 is 9.84 Å². The number of nitriles is 1. The molecule has 1 atom stereocenters. The van der Waals surface area contributed by atoms with Crippen LogP contribution in [0.2, 0.25) is 5.02 Å². The minimum Gasteiger partial charge on any atom is -0.480 e. The lowest BCUT2D eigenvalue weighted by atomic mass is 10.0. The van der Waals surface area contributed by atoms with Crippen LogP contribution in [-0.4, -0.2) is 38.2 Å². The zero-order chi connectivity index (χ0) is 16.4. The molecule has 0 radical (unpaired) electrons. The van der Waals surface area contributed by atoms with Crippen LogP contribution in [0.3, 0.4) is 0 Å². The van der Waals surface area contributed by atoms with Crippen LogP contribution in [0.15, 0.2) is 18.2 Å².